The number of carbonyl (C=O) groups is 2. The molecule has 0 unspecified atom stereocenters. The van der Waals surface area contributed by atoms with Crippen LogP contribution in [0.25, 0.3) is 0 Å². The van der Waals surface area contributed by atoms with Crippen LogP contribution < -0.4 is 11.0 Å². The molecular formula is C19H25N5O4S. The van der Waals surface area contributed by atoms with Gasteiger partial charge in [0.1, 0.15) is 0 Å². The smallest absolute Gasteiger partial charge is 0.344 e. The minimum absolute atomic E-state index is 0.00602. The van der Waals surface area contributed by atoms with Gasteiger partial charge in [0, 0.05) is 19.3 Å². The summed E-state index contributed by atoms with van der Waals surface area (Å²) in [5, 5.41) is 9.62. The van der Waals surface area contributed by atoms with E-state index in [-0.39, 0.29) is 35.9 Å². The summed E-state index contributed by atoms with van der Waals surface area (Å²) in [6.45, 7) is 3.03. The van der Waals surface area contributed by atoms with Gasteiger partial charge >= 0.3 is 5.69 Å². The van der Waals surface area contributed by atoms with E-state index >= 15 is 0 Å². The summed E-state index contributed by atoms with van der Waals surface area (Å²) < 4.78 is 7.07. The zero-order valence-electron chi connectivity index (χ0n) is 16.5. The minimum Gasteiger partial charge on any atom is -0.376 e. The second kappa shape index (κ2) is 9.75. The average molecular weight is 420 g/mol. The first kappa shape index (κ1) is 21.1. The quantitative estimate of drug-likeness (QED) is 0.623. The van der Waals surface area contributed by atoms with E-state index < -0.39 is 0 Å². The summed E-state index contributed by atoms with van der Waals surface area (Å²) in [5.74, 6) is -0.428. The van der Waals surface area contributed by atoms with Crippen molar-refractivity contribution in [3.05, 3.63) is 40.3 Å². The third-order valence-corrected chi connectivity index (χ3v) is 5.56. The maximum Gasteiger partial charge on any atom is 0.344 e. The first-order chi connectivity index (χ1) is 13.9. The van der Waals surface area contributed by atoms with E-state index in [1.807, 2.05) is 31.2 Å². The first-order valence-corrected chi connectivity index (χ1v) is 10.4. The lowest BCUT2D eigenvalue weighted by molar-refractivity contribution is -0.131. The van der Waals surface area contributed by atoms with Crippen molar-refractivity contribution >= 4 is 29.3 Å². The fourth-order valence-corrected chi connectivity index (χ4v) is 3.84. The summed E-state index contributed by atoms with van der Waals surface area (Å²) in [6, 6.07) is 7.44. The number of thioether (sulfide) groups is 1. The molecule has 0 saturated carbocycles. The summed E-state index contributed by atoms with van der Waals surface area (Å²) in [5.41, 5.74) is 1.47. The number of hydrogen-bond donors (Lipinski definition) is 2. The molecule has 1 aromatic heterocycles. The van der Waals surface area contributed by atoms with Crippen LogP contribution >= 0.6 is 11.8 Å². The van der Waals surface area contributed by atoms with E-state index in [1.165, 1.54) is 9.47 Å². The fraction of sp³-hybridized carbons (Fsp3) is 0.474. The summed E-state index contributed by atoms with van der Waals surface area (Å²) in [6.07, 6.45) is 1.88. The highest BCUT2D eigenvalue weighted by atomic mass is 32.2. The number of hydrogen-bond acceptors (Lipinski definition) is 6. The highest BCUT2D eigenvalue weighted by molar-refractivity contribution is 7.99. The Kier molecular flexibility index (Phi) is 7.10. The van der Waals surface area contributed by atoms with Gasteiger partial charge in [-0.2, -0.15) is 0 Å². The number of aromatic amines is 1. The molecule has 0 radical (unpaired) electrons. The van der Waals surface area contributed by atoms with E-state index in [2.05, 4.69) is 15.5 Å². The zero-order valence-corrected chi connectivity index (χ0v) is 17.3. The molecule has 9 nitrogen and oxygen atoms in total. The van der Waals surface area contributed by atoms with Crippen molar-refractivity contribution in [3.8, 4) is 0 Å². The Hall–Kier alpha value is -2.59. The number of aryl methyl sites for hydroxylation is 1. The molecule has 156 valence electrons. The molecular weight excluding hydrogens is 394 g/mol. The molecule has 1 aliphatic rings. The molecule has 1 aromatic carbocycles. The maximum absolute atomic E-state index is 12.4. The number of amides is 2. The molecule has 0 aliphatic carbocycles. The third-order valence-electron chi connectivity index (χ3n) is 4.60. The van der Waals surface area contributed by atoms with Crippen molar-refractivity contribution in [2.45, 2.75) is 37.6 Å². The van der Waals surface area contributed by atoms with Crippen molar-refractivity contribution in [3.63, 3.8) is 0 Å². The van der Waals surface area contributed by atoms with Crippen LogP contribution in [-0.4, -0.2) is 63.5 Å². The number of nitrogens with zero attached hydrogens (tertiary/aromatic N) is 3. The molecule has 29 heavy (non-hydrogen) atoms. The second-order valence-electron chi connectivity index (χ2n) is 7.01. The first-order valence-electron chi connectivity index (χ1n) is 9.42. The molecule has 10 heteroatoms. The van der Waals surface area contributed by atoms with Crippen molar-refractivity contribution in [1.82, 2.24) is 19.7 Å². The molecule has 2 aromatic rings. The van der Waals surface area contributed by atoms with Crippen LogP contribution in [-0.2, 0) is 20.9 Å². The number of nitrogens with one attached hydrogen (secondary N) is 2. The van der Waals surface area contributed by atoms with Crippen LogP contribution in [0.3, 0.4) is 0 Å². The van der Waals surface area contributed by atoms with Crippen LogP contribution in [0.2, 0.25) is 0 Å². The monoisotopic (exact) mass is 419 g/mol. The molecule has 2 heterocycles. The van der Waals surface area contributed by atoms with Crippen molar-refractivity contribution in [2.24, 2.45) is 0 Å². The zero-order chi connectivity index (χ0) is 20.8. The van der Waals surface area contributed by atoms with Crippen molar-refractivity contribution < 1.29 is 14.3 Å². The number of ether oxygens (including phenoxy) is 1. The molecule has 0 bridgehead atoms. The van der Waals surface area contributed by atoms with Crippen LogP contribution in [0, 0.1) is 6.92 Å². The number of H-pyrrole nitrogens is 1. The largest absolute Gasteiger partial charge is 0.376 e. The third kappa shape index (κ3) is 5.94. The average Bonchev–Trinajstić information content (AvgIpc) is 3.32. The Labute approximate surface area is 172 Å². The maximum atomic E-state index is 12.4. The highest BCUT2D eigenvalue weighted by Crippen LogP contribution is 2.18. The van der Waals surface area contributed by atoms with Gasteiger partial charge in [0.25, 0.3) is 0 Å². The number of benzene rings is 1. The van der Waals surface area contributed by atoms with Gasteiger partial charge in [-0.25, -0.2) is 9.89 Å². The number of aromatic nitrogens is 3. The fourth-order valence-electron chi connectivity index (χ4n) is 2.94. The SMILES string of the molecule is Cc1ccc(NC(=O)CN(C)C(=O)CSc2n[nH]c(=O)n2C[C@@H]2CCCO2)cc1. The molecule has 1 atom stereocenters. The van der Waals surface area contributed by atoms with Crippen LogP contribution in [0.5, 0.6) is 0 Å². The number of anilines is 1. The van der Waals surface area contributed by atoms with Crippen molar-refractivity contribution in [2.75, 3.05) is 31.3 Å². The molecule has 3 rings (SSSR count). The van der Waals surface area contributed by atoms with Crippen molar-refractivity contribution in [1.29, 1.82) is 0 Å². The molecule has 0 spiro atoms. The number of rotatable bonds is 8. The van der Waals surface area contributed by atoms with Crippen LogP contribution in [0.15, 0.2) is 34.2 Å². The predicted molar refractivity (Wildman–Crippen MR) is 110 cm³/mol. The molecule has 1 aliphatic heterocycles. The van der Waals surface area contributed by atoms with E-state index in [4.69, 9.17) is 4.74 Å². The van der Waals surface area contributed by atoms with Gasteiger partial charge in [-0.1, -0.05) is 29.5 Å². The van der Waals surface area contributed by atoms with Crippen LogP contribution in [0.4, 0.5) is 5.69 Å². The standard InChI is InChI=1S/C19H25N5O4S/c1-13-5-7-14(8-6-13)20-16(25)11-23(2)17(26)12-29-19-22-21-18(27)24(19)10-15-4-3-9-28-15/h5-8,15H,3-4,9-12H2,1-2H3,(H,20,25)(H,21,27)/t15-/m0/s1. The number of carbonyl (C=O) groups excluding carboxylic acids is 2. The lowest BCUT2D eigenvalue weighted by Crippen LogP contribution is -2.36. The Morgan fingerprint density at radius 1 is 1.38 bits per heavy atom. The Morgan fingerprint density at radius 3 is 2.83 bits per heavy atom. The summed E-state index contributed by atoms with van der Waals surface area (Å²) in [7, 11) is 1.57. The molecule has 2 N–H and O–H groups in total. The van der Waals surface area contributed by atoms with Gasteiger partial charge in [-0.15, -0.1) is 5.10 Å². The molecule has 1 saturated heterocycles. The van der Waals surface area contributed by atoms with E-state index in [9.17, 15) is 14.4 Å². The topological polar surface area (TPSA) is 109 Å². The summed E-state index contributed by atoms with van der Waals surface area (Å²) in [4.78, 5) is 37.9. The number of likely N-dealkylation sites (N-methyl/N-ethyl adjacent to an activating group) is 1. The molecule has 2 amide bonds. The lowest BCUT2D eigenvalue weighted by Gasteiger charge is -2.17. The normalized spacial score (nSPS) is 16.0. The Bertz CT molecular complexity index is 902. The van der Waals surface area contributed by atoms with Gasteiger partial charge in [0.05, 0.1) is 24.9 Å². The minimum atomic E-state index is -0.318. The van der Waals surface area contributed by atoms with Gasteiger partial charge in [-0.3, -0.25) is 14.2 Å². The predicted octanol–water partition coefficient (Wildman–Crippen LogP) is 1.25. The summed E-state index contributed by atoms with van der Waals surface area (Å²) >= 11 is 1.16. The second-order valence-corrected chi connectivity index (χ2v) is 7.95. The van der Waals surface area contributed by atoms with E-state index in [0.29, 0.717) is 24.0 Å². The molecule has 1 fully saturated rings. The van der Waals surface area contributed by atoms with Gasteiger partial charge in [0.2, 0.25) is 11.8 Å². The van der Waals surface area contributed by atoms with Gasteiger partial charge in [-0.05, 0) is 31.9 Å². The van der Waals surface area contributed by atoms with Gasteiger partial charge < -0.3 is 15.0 Å². The van der Waals surface area contributed by atoms with E-state index in [1.54, 1.807) is 7.05 Å². The Balaban J connectivity index is 1.49. The lowest BCUT2D eigenvalue weighted by atomic mass is 10.2. The van der Waals surface area contributed by atoms with E-state index in [0.717, 1.165) is 30.2 Å². The van der Waals surface area contributed by atoms with Crippen LogP contribution in [0.1, 0.15) is 18.4 Å². The highest BCUT2D eigenvalue weighted by Gasteiger charge is 2.21. The van der Waals surface area contributed by atoms with Gasteiger partial charge in [0.15, 0.2) is 5.16 Å². The Morgan fingerprint density at radius 2 is 2.14 bits per heavy atom.